The Balaban J connectivity index is 1.82. The SMILES string of the molecule is O=C(O)c1ccc(Br)cc1C(=O)c1cc2c3c(c1)CCCN3CCC2. The van der Waals surface area contributed by atoms with Crippen LogP contribution in [0, 0.1) is 0 Å². The van der Waals surface area contributed by atoms with Gasteiger partial charge in [0.1, 0.15) is 0 Å². The molecule has 0 saturated heterocycles. The van der Waals surface area contributed by atoms with Crippen LogP contribution in [0.5, 0.6) is 0 Å². The lowest BCUT2D eigenvalue weighted by Gasteiger charge is -2.37. The van der Waals surface area contributed by atoms with Gasteiger partial charge in [0, 0.05) is 34.4 Å². The van der Waals surface area contributed by atoms with E-state index in [9.17, 15) is 14.7 Å². The molecular formula is C20H18BrNO3. The smallest absolute Gasteiger partial charge is 0.336 e. The molecule has 0 radical (unpaired) electrons. The van der Waals surface area contributed by atoms with Gasteiger partial charge in [-0.1, -0.05) is 15.9 Å². The van der Waals surface area contributed by atoms with Crippen molar-refractivity contribution >= 4 is 33.4 Å². The molecule has 2 aliphatic rings. The third-order valence-corrected chi connectivity index (χ3v) is 5.54. The van der Waals surface area contributed by atoms with Gasteiger partial charge in [-0.05, 0) is 67.1 Å². The van der Waals surface area contributed by atoms with Gasteiger partial charge in [0.05, 0.1) is 5.56 Å². The Morgan fingerprint density at radius 3 is 2.20 bits per heavy atom. The van der Waals surface area contributed by atoms with Crippen LogP contribution in [0.3, 0.4) is 0 Å². The topological polar surface area (TPSA) is 57.6 Å². The molecule has 0 spiro atoms. The number of halogens is 1. The van der Waals surface area contributed by atoms with Gasteiger partial charge in [-0.15, -0.1) is 0 Å². The van der Waals surface area contributed by atoms with Crippen molar-refractivity contribution in [1.29, 1.82) is 0 Å². The lowest BCUT2D eigenvalue weighted by Crippen LogP contribution is -2.34. The molecule has 0 amide bonds. The van der Waals surface area contributed by atoms with E-state index in [1.165, 1.54) is 22.9 Å². The maximum absolute atomic E-state index is 13.1. The lowest BCUT2D eigenvalue weighted by atomic mass is 9.87. The summed E-state index contributed by atoms with van der Waals surface area (Å²) in [6.45, 7) is 2.17. The first-order valence-corrected chi connectivity index (χ1v) is 9.32. The van der Waals surface area contributed by atoms with Crippen molar-refractivity contribution in [1.82, 2.24) is 0 Å². The fourth-order valence-electron chi connectivity index (χ4n) is 3.98. The number of carboxylic acids is 1. The second kappa shape index (κ2) is 6.30. The van der Waals surface area contributed by atoms with Crippen LogP contribution in [-0.4, -0.2) is 29.9 Å². The second-order valence-electron chi connectivity index (χ2n) is 6.66. The molecule has 2 aromatic carbocycles. The molecule has 5 heteroatoms. The molecule has 1 N–H and O–H groups in total. The Labute approximate surface area is 154 Å². The van der Waals surface area contributed by atoms with E-state index in [1.54, 1.807) is 12.1 Å². The zero-order valence-corrected chi connectivity index (χ0v) is 15.3. The zero-order valence-electron chi connectivity index (χ0n) is 13.7. The summed E-state index contributed by atoms with van der Waals surface area (Å²) in [7, 11) is 0. The molecule has 0 saturated carbocycles. The number of ketones is 1. The maximum atomic E-state index is 13.1. The van der Waals surface area contributed by atoms with E-state index in [-0.39, 0.29) is 16.9 Å². The van der Waals surface area contributed by atoms with Gasteiger partial charge >= 0.3 is 5.97 Å². The molecule has 4 nitrogen and oxygen atoms in total. The summed E-state index contributed by atoms with van der Waals surface area (Å²) in [5.41, 5.74) is 4.62. The molecule has 128 valence electrons. The molecule has 4 rings (SSSR count). The summed E-state index contributed by atoms with van der Waals surface area (Å²) in [5, 5.41) is 9.41. The molecule has 0 atom stereocenters. The number of hydrogen-bond donors (Lipinski definition) is 1. The predicted molar refractivity (Wildman–Crippen MR) is 99.8 cm³/mol. The highest BCUT2D eigenvalue weighted by molar-refractivity contribution is 9.10. The van der Waals surface area contributed by atoms with E-state index in [0.717, 1.165) is 38.8 Å². The van der Waals surface area contributed by atoms with E-state index in [4.69, 9.17) is 0 Å². The minimum absolute atomic E-state index is 0.0428. The van der Waals surface area contributed by atoms with Gasteiger partial charge < -0.3 is 10.0 Å². The Kier molecular flexibility index (Phi) is 4.12. The van der Waals surface area contributed by atoms with Crippen molar-refractivity contribution < 1.29 is 14.7 Å². The molecule has 0 unspecified atom stereocenters. The van der Waals surface area contributed by atoms with Crippen LogP contribution in [0.25, 0.3) is 0 Å². The number of nitrogens with zero attached hydrogens (tertiary/aromatic N) is 1. The summed E-state index contributed by atoms with van der Waals surface area (Å²) < 4.78 is 0.700. The van der Waals surface area contributed by atoms with Crippen LogP contribution in [0.2, 0.25) is 0 Å². The second-order valence-corrected chi connectivity index (χ2v) is 7.58. The van der Waals surface area contributed by atoms with Crippen LogP contribution >= 0.6 is 15.9 Å². The minimum atomic E-state index is -1.08. The van der Waals surface area contributed by atoms with Crippen LogP contribution < -0.4 is 4.90 Å². The van der Waals surface area contributed by atoms with Crippen molar-refractivity contribution in [3.63, 3.8) is 0 Å². The number of carbonyl (C=O) groups is 2. The number of benzene rings is 2. The first kappa shape index (κ1) is 16.3. The number of rotatable bonds is 3. The number of carbonyl (C=O) groups excluding carboxylic acids is 1. The third-order valence-electron chi connectivity index (χ3n) is 5.05. The average Bonchev–Trinajstić information content (AvgIpc) is 2.61. The van der Waals surface area contributed by atoms with Crippen LogP contribution in [0.4, 0.5) is 5.69 Å². The number of carboxylic acid groups (broad SMARTS) is 1. The van der Waals surface area contributed by atoms with Gasteiger partial charge in [0.25, 0.3) is 0 Å². The summed E-state index contributed by atoms with van der Waals surface area (Å²) in [5.74, 6) is -1.30. The summed E-state index contributed by atoms with van der Waals surface area (Å²) in [6, 6.07) is 8.65. The van der Waals surface area contributed by atoms with E-state index in [2.05, 4.69) is 20.8 Å². The van der Waals surface area contributed by atoms with Crippen LogP contribution in [0.15, 0.2) is 34.8 Å². The molecule has 2 aromatic rings. The standard InChI is InChI=1S/C20H18BrNO3/c21-15-5-6-16(20(24)25)17(11-15)19(23)14-9-12-3-1-7-22-8-2-4-13(10-14)18(12)22/h5-6,9-11H,1-4,7-8H2,(H,24,25). The first-order chi connectivity index (χ1) is 12.0. The summed E-state index contributed by atoms with van der Waals surface area (Å²) >= 11 is 3.34. The van der Waals surface area contributed by atoms with Crippen molar-refractivity contribution in [3.05, 3.63) is 62.6 Å². The van der Waals surface area contributed by atoms with Gasteiger partial charge in [-0.2, -0.15) is 0 Å². The third kappa shape index (κ3) is 2.86. The van der Waals surface area contributed by atoms with E-state index in [1.807, 2.05) is 12.1 Å². The zero-order chi connectivity index (χ0) is 17.6. The number of aromatic carboxylic acids is 1. The Bertz CT molecular complexity index is 860. The van der Waals surface area contributed by atoms with Crippen molar-refractivity contribution in [2.24, 2.45) is 0 Å². The molecular weight excluding hydrogens is 382 g/mol. The van der Waals surface area contributed by atoms with Crippen LogP contribution in [0.1, 0.15) is 50.2 Å². The quantitative estimate of drug-likeness (QED) is 0.789. The largest absolute Gasteiger partial charge is 0.478 e. The molecule has 0 fully saturated rings. The highest BCUT2D eigenvalue weighted by Gasteiger charge is 2.26. The molecule has 2 heterocycles. The van der Waals surface area contributed by atoms with Crippen molar-refractivity contribution in [2.45, 2.75) is 25.7 Å². The minimum Gasteiger partial charge on any atom is -0.478 e. The van der Waals surface area contributed by atoms with Crippen molar-refractivity contribution in [3.8, 4) is 0 Å². The fourth-order valence-corrected chi connectivity index (χ4v) is 4.34. The Hall–Kier alpha value is -2.14. The van der Waals surface area contributed by atoms with Gasteiger partial charge in [-0.3, -0.25) is 4.79 Å². The summed E-state index contributed by atoms with van der Waals surface area (Å²) in [6.07, 6.45) is 4.15. The number of aryl methyl sites for hydroxylation is 2. The molecule has 0 aromatic heterocycles. The average molecular weight is 400 g/mol. The maximum Gasteiger partial charge on any atom is 0.336 e. The first-order valence-electron chi connectivity index (χ1n) is 8.53. The predicted octanol–water partition coefficient (Wildman–Crippen LogP) is 4.08. The van der Waals surface area contributed by atoms with Crippen LogP contribution in [-0.2, 0) is 12.8 Å². The van der Waals surface area contributed by atoms with Gasteiger partial charge in [0.2, 0.25) is 0 Å². The number of anilines is 1. The van der Waals surface area contributed by atoms with E-state index < -0.39 is 5.97 Å². The molecule has 0 aliphatic carbocycles. The number of hydrogen-bond acceptors (Lipinski definition) is 3. The Morgan fingerprint density at radius 2 is 1.60 bits per heavy atom. The molecule has 25 heavy (non-hydrogen) atoms. The summed E-state index contributed by atoms with van der Waals surface area (Å²) in [4.78, 5) is 27.0. The molecule has 0 bridgehead atoms. The van der Waals surface area contributed by atoms with E-state index >= 15 is 0 Å². The highest BCUT2D eigenvalue weighted by atomic mass is 79.9. The Morgan fingerprint density at radius 1 is 0.960 bits per heavy atom. The van der Waals surface area contributed by atoms with E-state index in [0.29, 0.717) is 10.0 Å². The monoisotopic (exact) mass is 399 g/mol. The van der Waals surface area contributed by atoms with Gasteiger partial charge in [0.15, 0.2) is 5.78 Å². The van der Waals surface area contributed by atoms with Crippen molar-refractivity contribution in [2.75, 3.05) is 18.0 Å². The molecule has 2 aliphatic heterocycles. The normalized spacial score (nSPS) is 15.6. The highest BCUT2D eigenvalue weighted by Crippen LogP contribution is 2.36. The fraction of sp³-hybridized carbons (Fsp3) is 0.300. The lowest BCUT2D eigenvalue weighted by molar-refractivity contribution is 0.0693. The van der Waals surface area contributed by atoms with Gasteiger partial charge in [-0.25, -0.2) is 4.79 Å².